The van der Waals surface area contributed by atoms with Crippen molar-refractivity contribution < 1.29 is 0 Å². The molecule has 0 aliphatic rings. The zero-order chi connectivity index (χ0) is 12.3. The molecule has 2 heterocycles. The second-order valence-electron chi connectivity index (χ2n) is 3.69. The molecule has 0 bridgehead atoms. The summed E-state index contributed by atoms with van der Waals surface area (Å²) in [6.45, 7) is 4.12. The fourth-order valence-corrected chi connectivity index (χ4v) is 2.17. The van der Waals surface area contributed by atoms with Gasteiger partial charge in [0.25, 0.3) is 0 Å². The number of nitrogen functional groups attached to an aromatic ring is 1. The SMILES string of the molecule is CCc1cnc(N)nc1N[C@@H](C)c1nccs1. The van der Waals surface area contributed by atoms with Crippen LogP contribution in [-0.4, -0.2) is 15.0 Å². The third-order valence-electron chi connectivity index (χ3n) is 2.44. The highest BCUT2D eigenvalue weighted by molar-refractivity contribution is 7.09. The summed E-state index contributed by atoms with van der Waals surface area (Å²) < 4.78 is 0. The number of hydrogen-bond donors (Lipinski definition) is 2. The first kappa shape index (κ1) is 11.8. The Kier molecular flexibility index (Phi) is 3.53. The van der Waals surface area contributed by atoms with Crippen LogP contribution < -0.4 is 11.1 Å². The number of thiazole rings is 1. The maximum atomic E-state index is 5.60. The van der Waals surface area contributed by atoms with Crippen LogP contribution >= 0.6 is 11.3 Å². The van der Waals surface area contributed by atoms with Gasteiger partial charge in [-0.15, -0.1) is 11.3 Å². The number of nitrogens with two attached hydrogens (primary N) is 1. The van der Waals surface area contributed by atoms with Crippen LogP contribution in [0, 0.1) is 0 Å². The first-order valence-electron chi connectivity index (χ1n) is 5.48. The highest BCUT2D eigenvalue weighted by Gasteiger charge is 2.11. The fraction of sp³-hybridized carbons (Fsp3) is 0.364. The molecule has 3 N–H and O–H groups in total. The van der Waals surface area contributed by atoms with E-state index >= 15 is 0 Å². The molecule has 1 atom stereocenters. The number of rotatable bonds is 4. The second-order valence-corrected chi connectivity index (χ2v) is 4.62. The predicted molar refractivity (Wildman–Crippen MR) is 70.0 cm³/mol. The lowest BCUT2D eigenvalue weighted by Crippen LogP contribution is -2.11. The molecule has 2 rings (SSSR count). The molecule has 0 fully saturated rings. The van der Waals surface area contributed by atoms with Crippen LogP contribution in [0.5, 0.6) is 0 Å². The number of hydrogen-bond acceptors (Lipinski definition) is 6. The summed E-state index contributed by atoms with van der Waals surface area (Å²) in [5, 5.41) is 6.31. The van der Waals surface area contributed by atoms with E-state index < -0.39 is 0 Å². The van der Waals surface area contributed by atoms with Crippen molar-refractivity contribution in [2.24, 2.45) is 0 Å². The summed E-state index contributed by atoms with van der Waals surface area (Å²) >= 11 is 1.62. The topological polar surface area (TPSA) is 76.7 Å². The molecular formula is C11H15N5S. The van der Waals surface area contributed by atoms with Crippen molar-refractivity contribution in [3.05, 3.63) is 28.3 Å². The minimum atomic E-state index is 0.120. The van der Waals surface area contributed by atoms with E-state index in [0.717, 1.165) is 22.8 Å². The summed E-state index contributed by atoms with van der Waals surface area (Å²) in [6.07, 6.45) is 4.43. The van der Waals surface area contributed by atoms with Gasteiger partial charge in [0.05, 0.1) is 6.04 Å². The van der Waals surface area contributed by atoms with E-state index in [0.29, 0.717) is 0 Å². The molecule has 2 aromatic heterocycles. The molecule has 0 saturated heterocycles. The van der Waals surface area contributed by atoms with E-state index in [1.807, 2.05) is 5.38 Å². The first-order valence-corrected chi connectivity index (χ1v) is 6.36. The number of anilines is 2. The van der Waals surface area contributed by atoms with Crippen LogP contribution in [0.4, 0.5) is 11.8 Å². The Morgan fingerprint density at radius 3 is 2.94 bits per heavy atom. The van der Waals surface area contributed by atoms with Crippen molar-refractivity contribution in [2.75, 3.05) is 11.1 Å². The van der Waals surface area contributed by atoms with Gasteiger partial charge in [0.1, 0.15) is 10.8 Å². The molecule has 90 valence electrons. The maximum Gasteiger partial charge on any atom is 0.221 e. The molecule has 0 saturated carbocycles. The van der Waals surface area contributed by atoms with Crippen molar-refractivity contribution >= 4 is 23.1 Å². The average molecular weight is 249 g/mol. The summed E-state index contributed by atoms with van der Waals surface area (Å²) in [7, 11) is 0. The monoisotopic (exact) mass is 249 g/mol. The number of nitrogens with one attached hydrogen (secondary N) is 1. The Hall–Kier alpha value is -1.69. The lowest BCUT2D eigenvalue weighted by molar-refractivity contribution is 0.852. The maximum absolute atomic E-state index is 5.60. The number of nitrogens with zero attached hydrogens (tertiary/aromatic N) is 3. The Balaban J connectivity index is 2.20. The van der Waals surface area contributed by atoms with Crippen molar-refractivity contribution in [2.45, 2.75) is 26.3 Å². The molecule has 0 aliphatic carbocycles. The molecule has 0 unspecified atom stereocenters. The van der Waals surface area contributed by atoms with Crippen molar-refractivity contribution in [3.8, 4) is 0 Å². The van der Waals surface area contributed by atoms with Crippen LogP contribution in [0.15, 0.2) is 17.8 Å². The van der Waals surface area contributed by atoms with Gasteiger partial charge in [0.15, 0.2) is 0 Å². The van der Waals surface area contributed by atoms with E-state index in [-0.39, 0.29) is 12.0 Å². The van der Waals surface area contributed by atoms with E-state index in [9.17, 15) is 0 Å². The van der Waals surface area contributed by atoms with E-state index in [1.165, 1.54) is 0 Å². The third-order valence-corrected chi connectivity index (χ3v) is 3.40. The number of aryl methyl sites for hydroxylation is 1. The van der Waals surface area contributed by atoms with E-state index in [1.54, 1.807) is 23.7 Å². The first-order chi connectivity index (χ1) is 8.20. The second kappa shape index (κ2) is 5.09. The highest BCUT2D eigenvalue weighted by atomic mass is 32.1. The summed E-state index contributed by atoms with van der Waals surface area (Å²) in [5.74, 6) is 1.08. The summed E-state index contributed by atoms with van der Waals surface area (Å²) in [6, 6.07) is 0.120. The van der Waals surface area contributed by atoms with Crippen LogP contribution in [0.1, 0.15) is 30.5 Å². The normalized spacial score (nSPS) is 12.4. The largest absolute Gasteiger partial charge is 0.368 e. The lowest BCUT2D eigenvalue weighted by atomic mass is 10.2. The molecule has 5 nitrogen and oxygen atoms in total. The molecule has 2 aromatic rings. The van der Waals surface area contributed by atoms with E-state index in [4.69, 9.17) is 5.73 Å². The number of aromatic nitrogens is 3. The van der Waals surface area contributed by atoms with E-state index in [2.05, 4.69) is 34.1 Å². The quantitative estimate of drug-likeness (QED) is 0.869. The van der Waals surface area contributed by atoms with Gasteiger partial charge in [-0.3, -0.25) is 0 Å². The van der Waals surface area contributed by atoms with Crippen molar-refractivity contribution in [3.63, 3.8) is 0 Å². The van der Waals surface area contributed by atoms with Crippen molar-refractivity contribution in [1.29, 1.82) is 0 Å². The van der Waals surface area contributed by atoms with Gasteiger partial charge < -0.3 is 11.1 Å². The van der Waals surface area contributed by atoms with Gasteiger partial charge in [-0.25, -0.2) is 9.97 Å². The van der Waals surface area contributed by atoms with Gasteiger partial charge in [-0.05, 0) is 13.3 Å². The summed E-state index contributed by atoms with van der Waals surface area (Å²) in [4.78, 5) is 12.5. The molecular weight excluding hydrogens is 234 g/mol. The molecule has 0 aromatic carbocycles. The average Bonchev–Trinajstić information content (AvgIpc) is 2.83. The predicted octanol–water partition coefficient (Wildman–Crippen LogP) is 2.25. The Bertz CT molecular complexity index is 483. The fourth-order valence-electron chi connectivity index (χ4n) is 1.52. The van der Waals surface area contributed by atoms with Gasteiger partial charge in [0, 0.05) is 23.3 Å². The van der Waals surface area contributed by atoms with Crippen molar-refractivity contribution in [1.82, 2.24) is 15.0 Å². The smallest absolute Gasteiger partial charge is 0.221 e. The third kappa shape index (κ3) is 2.71. The highest BCUT2D eigenvalue weighted by Crippen LogP contribution is 2.22. The molecule has 0 aliphatic heterocycles. The van der Waals surface area contributed by atoms with Gasteiger partial charge >= 0.3 is 0 Å². The van der Waals surface area contributed by atoms with Crippen LogP contribution in [0.25, 0.3) is 0 Å². The molecule has 0 radical (unpaired) electrons. The minimum absolute atomic E-state index is 0.120. The molecule has 6 heteroatoms. The standard InChI is InChI=1S/C11H15N5S/c1-3-8-6-14-11(12)16-9(8)15-7(2)10-13-4-5-17-10/h4-7H,3H2,1-2H3,(H3,12,14,15,16)/t7-/m0/s1. The Morgan fingerprint density at radius 2 is 2.29 bits per heavy atom. The molecule has 0 amide bonds. The zero-order valence-corrected chi connectivity index (χ0v) is 10.7. The van der Waals surface area contributed by atoms with Crippen LogP contribution in [-0.2, 0) is 6.42 Å². The molecule has 17 heavy (non-hydrogen) atoms. The minimum Gasteiger partial charge on any atom is -0.368 e. The van der Waals surface area contributed by atoms with Crippen LogP contribution in [0.3, 0.4) is 0 Å². The Labute approximate surface area is 104 Å². The van der Waals surface area contributed by atoms with Gasteiger partial charge in [0.2, 0.25) is 5.95 Å². The van der Waals surface area contributed by atoms with Crippen LogP contribution in [0.2, 0.25) is 0 Å². The van der Waals surface area contributed by atoms with Gasteiger partial charge in [-0.1, -0.05) is 6.92 Å². The summed E-state index contributed by atoms with van der Waals surface area (Å²) in [5.41, 5.74) is 6.66. The Morgan fingerprint density at radius 1 is 1.47 bits per heavy atom. The van der Waals surface area contributed by atoms with Gasteiger partial charge in [-0.2, -0.15) is 4.98 Å². The zero-order valence-electron chi connectivity index (χ0n) is 9.84. The lowest BCUT2D eigenvalue weighted by Gasteiger charge is -2.14. The molecule has 0 spiro atoms.